The zero-order valence-corrected chi connectivity index (χ0v) is 15.2. The fraction of sp³-hybridized carbons (Fsp3) is 0.278. The molecule has 2 aromatic carbocycles. The molecule has 1 amide bonds. The molecule has 0 bridgehead atoms. The van der Waals surface area contributed by atoms with Crippen LogP contribution in [-0.2, 0) is 20.2 Å². The molecule has 0 fully saturated rings. The quantitative estimate of drug-likeness (QED) is 0.856. The van der Waals surface area contributed by atoms with E-state index in [1.165, 1.54) is 0 Å². The van der Waals surface area contributed by atoms with Crippen molar-refractivity contribution in [3.8, 4) is 0 Å². The van der Waals surface area contributed by atoms with Crippen LogP contribution in [-0.4, -0.2) is 20.9 Å². The summed E-state index contributed by atoms with van der Waals surface area (Å²) in [6, 6.07) is 11.7. The van der Waals surface area contributed by atoms with Gasteiger partial charge in [-0.25, -0.2) is 17.5 Å². The van der Waals surface area contributed by atoms with E-state index in [1.807, 2.05) is 12.1 Å². The first kappa shape index (κ1) is 19.1. The second-order valence-electron chi connectivity index (χ2n) is 6.65. The van der Waals surface area contributed by atoms with Gasteiger partial charge in [0.05, 0.1) is 11.4 Å². The molecule has 0 aromatic heterocycles. The highest BCUT2D eigenvalue weighted by Gasteiger charge is 2.16. The summed E-state index contributed by atoms with van der Waals surface area (Å²) in [5.74, 6) is -1.02. The molecule has 2 aromatic rings. The van der Waals surface area contributed by atoms with E-state index in [9.17, 15) is 17.6 Å². The van der Waals surface area contributed by atoms with Crippen molar-refractivity contribution in [1.29, 1.82) is 0 Å². The SMILES string of the molecule is CC(C)(C)c1ccc(NC(=O)CNS(=O)(=O)c2ccc(F)cc2)cc1. The summed E-state index contributed by atoms with van der Waals surface area (Å²) in [7, 11) is -3.87. The van der Waals surface area contributed by atoms with E-state index in [2.05, 4.69) is 30.8 Å². The Balaban J connectivity index is 1.95. The van der Waals surface area contributed by atoms with E-state index in [1.54, 1.807) is 12.1 Å². The van der Waals surface area contributed by atoms with Crippen molar-refractivity contribution in [2.24, 2.45) is 0 Å². The van der Waals surface area contributed by atoms with Crippen molar-refractivity contribution < 1.29 is 17.6 Å². The molecule has 134 valence electrons. The third kappa shape index (κ3) is 5.37. The first-order valence-electron chi connectivity index (χ1n) is 7.73. The smallest absolute Gasteiger partial charge is 0.241 e. The molecule has 0 saturated heterocycles. The van der Waals surface area contributed by atoms with E-state index >= 15 is 0 Å². The van der Waals surface area contributed by atoms with Crippen molar-refractivity contribution in [2.45, 2.75) is 31.1 Å². The van der Waals surface area contributed by atoms with Gasteiger partial charge in [-0.05, 0) is 47.4 Å². The molecular weight excluding hydrogens is 343 g/mol. The lowest BCUT2D eigenvalue weighted by molar-refractivity contribution is -0.115. The van der Waals surface area contributed by atoms with Crippen LogP contribution in [0.25, 0.3) is 0 Å². The molecule has 0 heterocycles. The maximum Gasteiger partial charge on any atom is 0.241 e. The molecule has 0 radical (unpaired) electrons. The highest BCUT2D eigenvalue weighted by molar-refractivity contribution is 7.89. The predicted octanol–water partition coefficient (Wildman–Crippen LogP) is 3.04. The first-order valence-corrected chi connectivity index (χ1v) is 9.22. The topological polar surface area (TPSA) is 75.3 Å². The van der Waals surface area contributed by atoms with Crippen LogP contribution >= 0.6 is 0 Å². The van der Waals surface area contributed by atoms with Crippen LogP contribution in [0.4, 0.5) is 10.1 Å². The fourth-order valence-corrected chi connectivity index (χ4v) is 3.10. The van der Waals surface area contributed by atoms with Gasteiger partial charge in [0.15, 0.2) is 0 Å². The number of amides is 1. The Hall–Kier alpha value is -2.25. The second-order valence-corrected chi connectivity index (χ2v) is 8.42. The van der Waals surface area contributed by atoms with Crippen LogP contribution < -0.4 is 10.0 Å². The summed E-state index contributed by atoms with van der Waals surface area (Å²) in [4.78, 5) is 11.8. The lowest BCUT2D eigenvalue weighted by atomic mass is 9.87. The highest BCUT2D eigenvalue weighted by atomic mass is 32.2. The van der Waals surface area contributed by atoms with Gasteiger partial charge in [-0.2, -0.15) is 0 Å². The van der Waals surface area contributed by atoms with Crippen LogP contribution in [0, 0.1) is 5.82 Å². The molecule has 2 rings (SSSR count). The molecule has 25 heavy (non-hydrogen) atoms. The molecule has 0 saturated carbocycles. The van der Waals surface area contributed by atoms with Gasteiger partial charge in [0.1, 0.15) is 5.82 Å². The van der Waals surface area contributed by atoms with E-state index in [0.29, 0.717) is 5.69 Å². The Morgan fingerprint density at radius 3 is 2.08 bits per heavy atom. The third-order valence-corrected chi connectivity index (χ3v) is 5.00. The summed E-state index contributed by atoms with van der Waals surface area (Å²) in [6.07, 6.45) is 0. The lowest BCUT2D eigenvalue weighted by Crippen LogP contribution is -2.32. The summed E-state index contributed by atoms with van der Waals surface area (Å²) < 4.78 is 39.1. The van der Waals surface area contributed by atoms with Crippen LogP contribution in [0.15, 0.2) is 53.4 Å². The number of hydrogen-bond acceptors (Lipinski definition) is 3. The number of carbonyl (C=O) groups is 1. The fourth-order valence-electron chi connectivity index (χ4n) is 2.12. The molecule has 0 aliphatic heterocycles. The predicted molar refractivity (Wildman–Crippen MR) is 95.4 cm³/mol. The van der Waals surface area contributed by atoms with Crippen LogP contribution in [0.3, 0.4) is 0 Å². The minimum Gasteiger partial charge on any atom is -0.325 e. The average Bonchev–Trinajstić information content (AvgIpc) is 2.53. The third-order valence-electron chi connectivity index (χ3n) is 3.58. The maximum absolute atomic E-state index is 12.9. The lowest BCUT2D eigenvalue weighted by Gasteiger charge is -2.19. The van der Waals surface area contributed by atoms with Crippen LogP contribution in [0.1, 0.15) is 26.3 Å². The zero-order chi connectivity index (χ0) is 18.7. The molecule has 0 aliphatic rings. The normalized spacial score (nSPS) is 12.0. The summed E-state index contributed by atoms with van der Waals surface area (Å²) >= 11 is 0. The Morgan fingerprint density at radius 2 is 1.56 bits per heavy atom. The Bertz CT molecular complexity index is 839. The molecule has 0 aliphatic carbocycles. The molecule has 0 spiro atoms. The molecule has 0 atom stereocenters. The van der Waals surface area contributed by atoms with Gasteiger partial charge in [-0.1, -0.05) is 32.9 Å². The highest BCUT2D eigenvalue weighted by Crippen LogP contribution is 2.23. The summed E-state index contributed by atoms with van der Waals surface area (Å²) in [6.45, 7) is 5.85. The average molecular weight is 364 g/mol. The van der Waals surface area contributed by atoms with Gasteiger partial charge in [-0.3, -0.25) is 4.79 Å². The van der Waals surface area contributed by atoms with Crippen molar-refractivity contribution in [1.82, 2.24) is 4.72 Å². The van der Waals surface area contributed by atoms with E-state index < -0.39 is 28.3 Å². The number of hydrogen-bond donors (Lipinski definition) is 2. The van der Waals surface area contributed by atoms with Crippen molar-refractivity contribution in [3.05, 3.63) is 59.9 Å². The number of carbonyl (C=O) groups excluding carboxylic acids is 1. The minimum absolute atomic E-state index is 0.00727. The van der Waals surface area contributed by atoms with Crippen LogP contribution in [0.5, 0.6) is 0 Å². The summed E-state index contributed by atoms with van der Waals surface area (Å²) in [5.41, 5.74) is 1.72. The number of halogens is 1. The van der Waals surface area contributed by atoms with E-state index in [0.717, 1.165) is 29.8 Å². The number of nitrogens with one attached hydrogen (secondary N) is 2. The van der Waals surface area contributed by atoms with Gasteiger partial charge in [-0.15, -0.1) is 0 Å². The zero-order valence-electron chi connectivity index (χ0n) is 14.3. The van der Waals surface area contributed by atoms with E-state index in [4.69, 9.17) is 0 Å². The molecule has 5 nitrogen and oxygen atoms in total. The van der Waals surface area contributed by atoms with Gasteiger partial charge in [0.25, 0.3) is 0 Å². The standard InChI is InChI=1S/C18H21FN2O3S/c1-18(2,3)13-4-8-15(9-5-13)21-17(22)12-20-25(23,24)16-10-6-14(19)7-11-16/h4-11,20H,12H2,1-3H3,(H,21,22). The number of sulfonamides is 1. The van der Waals surface area contributed by atoms with Crippen molar-refractivity contribution in [3.63, 3.8) is 0 Å². The largest absolute Gasteiger partial charge is 0.325 e. The molecule has 0 unspecified atom stereocenters. The van der Waals surface area contributed by atoms with Gasteiger partial charge in [0.2, 0.25) is 15.9 Å². The van der Waals surface area contributed by atoms with E-state index in [-0.39, 0.29) is 10.3 Å². The number of benzene rings is 2. The van der Waals surface area contributed by atoms with Crippen molar-refractivity contribution in [2.75, 3.05) is 11.9 Å². The van der Waals surface area contributed by atoms with Gasteiger partial charge in [0, 0.05) is 5.69 Å². The first-order chi connectivity index (χ1) is 11.6. The molecule has 2 N–H and O–H groups in total. The Kier molecular flexibility index (Phi) is 5.59. The Morgan fingerprint density at radius 1 is 1.00 bits per heavy atom. The molecule has 7 heteroatoms. The van der Waals surface area contributed by atoms with Crippen LogP contribution in [0.2, 0.25) is 0 Å². The Labute approximate surface area is 147 Å². The second kappa shape index (κ2) is 7.33. The number of anilines is 1. The minimum atomic E-state index is -3.87. The van der Waals surface area contributed by atoms with Crippen molar-refractivity contribution >= 4 is 21.6 Å². The summed E-state index contributed by atoms with van der Waals surface area (Å²) in [5, 5.41) is 2.63. The molecular formula is C18H21FN2O3S. The number of rotatable bonds is 5. The van der Waals surface area contributed by atoms with Gasteiger partial charge >= 0.3 is 0 Å². The maximum atomic E-state index is 12.9. The monoisotopic (exact) mass is 364 g/mol. The van der Waals surface area contributed by atoms with Gasteiger partial charge < -0.3 is 5.32 Å².